The summed E-state index contributed by atoms with van der Waals surface area (Å²) in [6.45, 7) is 3.26. The fraction of sp³-hybridized carbons (Fsp3) is 0.261. The van der Waals surface area contributed by atoms with E-state index in [9.17, 15) is 9.59 Å². The summed E-state index contributed by atoms with van der Waals surface area (Å²) in [5.41, 5.74) is 0.885. The number of rotatable bonds is 6. The van der Waals surface area contributed by atoms with E-state index in [0.29, 0.717) is 6.42 Å². The molecule has 3 heterocycles. The molecule has 7 heteroatoms. The monoisotopic (exact) mass is 438 g/mol. The fourth-order valence-electron chi connectivity index (χ4n) is 3.38. The highest BCUT2D eigenvalue weighted by molar-refractivity contribution is 7.12. The van der Waals surface area contributed by atoms with Crippen LogP contribution in [0.25, 0.3) is 0 Å². The Morgan fingerprint density at radius 1 is 1.07 bits per heavy atom. The van der Waals surface area contributed by atoms with Crippen molar-refractivity contribution in [1.29, 1.82) is 0 Å². The van der Waals surface area contributed by atoms with Gasteiger partial charge in [-0.05, 0) is 42.3 Å². The first-order valence-corrected chi connectivity index (χ1v) is 11.4. The van der Waals surface area contributed by atoms with Crippen molar-refractivity contribution in [3.8, 4) is 0 Å². The van der Waals surface area contributed by atoms with Gasteiger partial charge < -0.3 is 4.74 Å². The zero-order valence-corrected chi connectivity index (χ0v) is 18.4. The van der Waals surface area contributed by atoms with Crippen LogP contribution in [-0.2, 0) is 19.7 Å². The quantitative estimate of drug-likeness (QED) is 0.509. The topological polar surface area (TPSA) is 59.0 Å². The van der Waals surface area contributed by atoms with E-state index in [2.05, 4.69) is 5.10 Å². The Hall–Kier alpha value is -2.77. The highest BCUT2D eigenvalue weighted by atomic mass is 32.1. The fourth-order valence-corrected chi connectivity index (χ4v) is 4.91. The average Bonchev–Trinajstić information content (AvgIpc) is 3.52. The number of thiophene rings is 2. The predicted molar refractivity (Wildman–Crippen MR) is 120 cm³/mol. The predicted octanol–water partition coefficient (Wildman–Crippen LogP) is 5.01. The second kappa shape index (κ2) is 8.53. The first-order valence-electron chi connectivity index (χ1n) is 9.66. The van der Waals surface area contributed by atoms with E-state index < -0.39 is 11.4 Å². The van der Waals surface area contributed by atoms with Crippen molar-refractivity contribution in [2.45, 2.75) is 31.7 Å². The first-order chi connectivity index (χ1) is 14.5. The normalized spacial score (nSPS) is 16.4. The molecule has 3 aromatic rings. The second-order valence-corrected chi connectivity index (χ2v) is 9.49. The van der Waals surface area contributed by atoms with Gasteiger partial charge >= 0.3 is 5.97 Å². The lowest BCUT2D eigenvalue weighted by atomic mass is 9.85. The third kappa shape index (κ3) is 4.08. The Morgan fingerprint density at radius 2 is 1.80 bits per heavy atom. The molecular formula is C23H22N2O3S2. The summed E-state index contributed by atoms with van der Waals surface area (Å²) >= 11 is 3.20. The molecule has 1 amide bonds. The minimum absolute atomic E-state index is 0.171. The molecule has 0 spiro atoms. The number of benzene rings is 1. The van der Waals surface area contributed by atoms with Gasteiger partial charge in [0.25, 0.3) is 5.91 Å². The number of nitrogens with zero attached hydrogens (tertiary/aromatic N) is 2. The maximum Gasteiger partial charge on any atom is 0.316 e. The van der Waals surface area contributed by atoms with Crippen molar-refractivity contribution < 1.29 is 14.3 Å². The molecule has 154 valence electrons. The molecular weight excluding hydrogens is 416 g/mol. The minimum atomic E-state index is -0.842. The number of carbonyl (C=O) groups is 2. The summed E-state index contributed by atoms with van der Waals surface area (Å²) in [5.74, 6) is -0.756. The first kappa shape index (κ1) is 20.5. The van der Waals surface area contributed by atoms with E-state index in [1.165, 1.54) is 5.01 Å². The van der Waals surface area contributed by atoms with Crippen molar-refractivity contribution >= 4 is 40.3 Å². The number of hydrogen-bond acceptors (Lipinski definition) is 6. The molecule has 1 aromatic carbocycles. The lowest BCUT2D eigenvalue weighted by molar-refractivity contribution is -0.156. The second-order valence-electron chi connectivity index (χ2n) is 7.56. The SMILES string of the molecule is CC(C)(C(=O)OCC(=O)N1N=C(c2cccs2)CC1c1cccs1)c1ccccc1. The zero-order chi connectivity index (χ0) is 21.1. The van der Waals surface area contributed by atoms with Gasteiger partial charge in [0.2, 0.25) is 0 Å². The van der Waals surface area contributed by atoms with Gasteiger partial charge in [-0.3, -0.25) is 9.59 Å². The third-order valence-corrected chi connectivity index (χ3v) is 7.07. The molecule has 1 unspecified atom stereocenters. The molecule has 1 atom stereocenters. The Labute approximate surface area is 183 Å². The molecule has 0 bridgehead atoms. The van der Waals surface area contributed by atoms with Gasteiger partial charge in [0.05, 0.1) is 22.0 Å². The van der Waals surface area contributed by atoms with E-state index in [0.717, 1.165) is 21.0 Å². The van der Waals surface area contributed by atoms with Gasteiger partial charge in [-0.1, -0.05) is 42.5 Å². The molecule has 0 saturated heterocycles. The molecule has 0 aliphatic carbocycles. The molecule has 0 N–H and O–H groups in total. The van der Waals surface area contributed by atoms with E-state index >= 15 is 0 Å². The van der Waals surface area contributed by atoms with Crippen LogP contribution < -0.4 is 0 Å². The number of carbonyl (C=O) groups excluding carboxylic acids is 2. The summed E-state index contributed by atoms with van der Waals surface area (Å²) in [4.78, 5) is 27.8. The minimum Gasteiger partial charge on any atom is -0.455 e. The van der Waals surface area contributed by atoms with Gasteiger partial charge in [-0.15, -0.1) is 22.7 Å². The van der Waals surface area contributed by atoms with Gasteiger partial charge in [0.1, 0.15) is 0 Å². The van der Waals surface area contributed by atoms with Crippen LogP contribution in [0.5, 0.6) is 0 Å². The highest BCUT2D eigenvalue weighted by Crippen LogP contribution is 2.36. The van der Waals surface area contributed by atoms with Crippen LogP contribution in [0.2, 0.25) is 0 Å². The molecule has 4 rings (SSSR count). The smallest absolute Gasteiger partial charge is 0.316 e. The maximum absolute atomic E-state index is 13.0. The van der Waals surface area contributed by atoms with E-state index in [1.807, 2.05) is 65.4 Å². The van der Waals surface area contributed by atoms with Crippen molar-refractivity contribution in [1.82, 2.24) is 5.01 Å². The number of esters is 1. The van der Waals surface area contributed by atoms with Crippen LogP contribution in [0, 0.1) is 0 Å². The highest BCUT2D eigenvalue weighted by Gasteiger charge is 2.36. The maximum atomic E-state index is 13.0. The number of hydrogen-bond donors (Lipinski definition) is 0. The Bertz CT molecular complexity index is 1040. The van der Waals surface area contributed by atoms with Gasteiger partial charge in [-0.2, -0.15) is 5.10 Å². The van der Waals surface area contributed by atoms with Crippen molar-refractivity contribution in [3.63, 3.8) is 0 Å². The molecule has 2 aromatic heterocycles. The van der Waals surface area contributed by atoms with Crippen LogP contribution in [0.1, 0.15) is 41.6 Å². The van der Waals surface area contributed by atoms with E-state index in [1.54, 1.807) is 36.5 Å². The summed E-state index contributed by atoms with van der Waals surface area (Å²) in [7, 11) is 0. The Morgan fingerprint density at radius 3 is 2.47 bits per heavy atom. The molecule has 5 nitrogen and oxygen atoms in total. The number of hydrazone groups is 1. The van der Waals surface area contributed by atoms with Crippen molar-refractivity contribution in [2.24, 2.45) is 5.10 Å². The van der Waals surface area contributed by atoms with Crippen LogP contribution >= 0.6 is 22.7 Å². The van der Waals surface area contributed by atoms with Crippen LogP contribution in [-0.4, -0.2) is 29.2 Å². The molecule has 0 saturated carbocycles. The summed E-state index contributed by atoms with van der Waals surface area (Å²) in [6.07, 6.45) is 0.649. The van der Waals surface area contributed by atoms with E-state index in [-0.39, 0.29) is 18.6 Å². The van der Waals surface area contributed by atoms with E-state index in [4.69, 9.17) is 4.74 Å². The molecule has 0 radical (unpaired) electrons. The summed E-state index contributed by atoms with van der Waals surface area (Å²) in [6, 6.07) is 17.2. The van der Waals surface area contributed by atoms with Gasteiger partial charge in [-0.25, -0.2) is 5.01 Å². The van der Waals surface area contributed by atoms with Crippen molar-refractivity contribution in [2.75, 3.05) is 6.61 Å². The molecule has 30 heavy (non-hydrogen) atoms. The standard InChI is InChI=1S/C23H22N2O3S2/c1-23(2,16-8-4-3-5-9-16)22(27)28-15-21(26)25-18(20-11-7-13-30-20)14-17(24-25)19-10-6-12-29-19/h3-13,18H,14-15H2,1-2H3. The lowest BCUT2D eigenvalue weighted by Crippen LogP contribution is -2.36. The van der Waals surface area contributed by atoms with Crippen LogP contribution in [0.3, 0.4) is 0 Å². The summed E-state index contributed by atoms with van der Waals surface area (Å²) < 4.78 is 5.43. The van der Waals surface area contributed by atoms with Crippen LogP contribution in [0.4, 0.5) is 0 Å². The molecule has 0 fully saturated rings. The summed E-state index contributed by atoms with van der Waals surface area (Å²) in [5, 5.41) is 10.1. The van der Waals surface area contributed by atoms with Crippen LogP contribution in [0.15, 0.2) is 70.5 Å². The zero-order valence-electron chi connectivity index (χ0n) is 16.8. The number of ether oxygens (including phenoxy) is 1. The Balaban J connectivity index is 1.48. The average molecular weight is 439 g/mol. The van der Waals surface area contributed by atoms with Gasteiger partial charge in [0.15, 0.2) is 6.61 Å². The van der Waals surface area contributed by atoms with Gasteiger partial charge in [0, 0.05) is 11.3 Å². The Kier molecular flexibility index (Phi) is 5.83. The largest absolute Gasteiger partial charge is 0.455 e. The molecule has 1 aliphatic rings. The number of amides is 1. The molecule has 1 aliphatic heterocycles. The third-order valence-electron chi connectivity index (χ3n) is 5.18. The lowest BCUT2D eigenvalue weighted by Gasteiger charge is -2.24. The van der Waals surface area contributed by atoms with Crippen molar-refractivity contribution in [3.05, 3.63) is 80.7 Å².